The highest BCUT2D eigenvalue weighted by atomic mass is 32.2. The molecule has 326 valence electrons. The number of carbonyl (C=O) groups excluding carboxylic acids is 3. The number of nitriles is 1. The largest absolute Gasteiger partial charge is 0.493 e. The topological polar surface area (TPSA) is 186 Å². The quantitative estimate of drug-likeness (QED) is 0.116. The van der Waals surface area contributed by atoms with E-state index in [-0.39, 0.29) is 41.0 Å². The second kappa shape index (κ2) is 18.6. The van der Waals surface area contributed by atoms with E-state index in [4.69, 9.17) is 24.2 Å². The van der Waals surface area contributed by atoms with Gasteiger partial charge >= 0.3 is 5.97 Å². The van der Waals surface area contributed by atoms with Crippen LogP contribution in [0.15, 0.2) is 89.1 Å². The lowest BCUT2D eigenvalue weighted by Gasteiger charge is -2.36. The number of fused-ring (bicyclic) bond motifs is 2. The van der Waals surface area contributed by atoms with Crippen molar-refractivity contribution in [1.29, 1.82) is 5.26 Å². The van der Waals surface area contributed by atoms with E-state index in [0.29, 0.717) is 40.7 Å². The maximum absolute atomic E-state index is 14.7. The lowest BCUT2D eigenvalue weighted by Crippen LogP contribution is -2.56. The van der Waals surface area contributed by atoms with Crippen LogP contribution in [0.1, 0.15) is 72.2 Å². The van der Waals surface area contributed by atoms with Crippen LogP contribution in [-0.4, -0.2) is 67.9 Å². The summed E-state index contributed by atoms with van der Waals surface area (Å²) >= 11 is 0.793. The molecule has 5 aromatic rings. The van der Waals surface area contributed by atoms with Crippen LogP contribution in [0.25, 0.3) is 11.1 Å². The van der Waals surface area contributed by atoms with Crippen LogP contribution in [0.3, 0.4) is 0 Å². The third-order valence-corrected chi connectivity index (χ3v) is 15.2. The van der Waals surface area contributed by atoms with Crippen LogP contribution in [0.2, 0.25) is 0 Å². The number of benzene rings is 4. The summed E-state index contributed by atoms with van der Waals surface area (Å²) in [5, 5.41) is 14.6. The van der Waals surface area contributed by atoms with E-state index in [1.165, 1.54) is 46.6 Å². The minimum absolute atomic E-state index is 0.0492. The van der Waals surface area contributed by atoms with Gasteiger partial charge in [-0.3, -0.25) is 9.59 Å². The summed E-state index contributed by atoms with van der Waals surface area (Å²) in [5.41, 5.74) is 5.40. The minimum atomic E-state index is -4.43. The van der Waals surface area contributed by atoms with Crippen LogP contribution in [0.4, 0.5) is 5.13 Å². The van der Waals surface area contributed by atoms with Crippen molar-refractivity contribution in [2.24, 2.45) is 5.92 Å². The van der Waals surface area contributed by atoms with Gasteiger partial charge in [0.15, 0.2) is 26.9 Å². The molecule has 0 spiro atoms. The van der Waals surface area contributed by atoms with Crippen molar-refractivity contribution in [2.75, 3.05) is 25.6 Å². The van der Waals surface area contributed by atoms with Gasteiger partial charge in [0.25, 0.3) is 10.0 Å². The van der Waals surface area contributed by atoms with Crippen LogP contribution in [0.5, 0.6) is 17.2 Å². The third kappa shape index (κ3) is 9.70. The fourth-order valence-electron chi connectivity index (χ4n) is 8.28. The van der Waals surface area contributed by atoms with Gasteiger partial charge in [0.05, 0.1) is 31.0 Å². The van der Waals surface area contributed by atoms with Crippen molar-refractivity contribution >= 4 is 44.3 Å². The summed E-state index contributed by atoms with van der Waals surface area (Å²) < 4.78 is 54.2. The number of aryl methyl sites for hydroxylation is 1. The van der Waals surface area contributed by atoms with Gasteiger partial charge in [-0.25, -0.2) is 18.2 Å². The molecule has 0 radical (unpaired) electrons. The van der Waals surface area contributed by atoms with E-state index in [9.17, 15) is 22.8 Å². The fraction of sp³-hybridized carbons (Fsp3) is 0.340. The number of rotatable bonds is 13. The van der Waals surface area contributed by atoms with Crippen molar-refractivity contribution in [3.8, 4) is 34.4 Å². The Morgan fingerprint density at radius 1 is 0.968 bits per heavy atom. The summed E-state index contributed by atoms with van der Waals surface area (Å²) in [7, 11) is -3.21. The smallest absolute Gasteiger partial charge is 0.328 e. The lowest BCUT2D eigenvalue weighted by atomic mass is 9.93. The van der Waals surface area contributed by atoms with Crippen molar-refractivity contribution < 1.29 is 41.7 Å². The molecule has 8 rings (SSSR count). The molecule has 1 aromatic heterocycles. The molecular weight excluding hydrogens is 843 g/mol. The van der Waals surface area contributed by atoms with Crippen LogP contribution in [-0.2, 0) is 48.5 Å². The molecule has 16 heteroatoms. The van der Waals surface area contributed by atoms with Gasteiger partial charge in [-0.05, 0) is 102 Å². The van der Waals surface area contributed by atoms with Crippen molar-refractivity contribution in [3.63, 3.8) is 0 Å². The maximum Gasteiger partial charge on any atom is 0.328 e. The summed E-state index contributed by atoms with van der Waals surface area (Å²) in [6.07, 6.45) is 4.49. The van der Waals surface area contributed by atoms with Gasteiger partial charge in [-0.1, -0.05) is 72.7 Å². The zero-order valence-corrected chi connectivity index (χ0v) is 36.7. The normalized spacial score (nSPS) is 17.8. The van der Waals surface area contributed by atoms with Crippen LogP contribution < -0.4 is 24.8 Å². The van der Waals surface area contributed by atoms with Crippen molar-refractivity contribution in [2.45, 2.75) is 81.3 Å². The van der Waals surface area contributed by atoms with Gasteiger partial charge in [-0.2, -0.15) is 9.57 Å². The highest BCUT2D eigenvalue weighted by molar-refractivity contribution is 7.91. The molecule has 3 heterocycles. The Labute approximate surface area is 370 Å². The molecule has 0 saturated heterocycles. The number of ether oxygens (including phenoxy) is 4. The second-order valence-corrected chi connectivity index (χ2v) is 19.1. The van der Waals surface area contributed by atoms with Gasteiger partial charge in [-0.15, -0.1) is 0 Å². The van der Waals surface area contributed by atoms with Crippen molar-refractivity contribution in [1.82, 2.24) is 14.6 Å². The number of aromatic nitrogens is 1. The Kier molecular flexibility index (Phi) is 12.8. The Balaban J connectivity index is 1.04. The summed E-state index contributed by atoms with van der Waals surface area (Å²) in [6, 6.07) is 25.6. The van der Waals surface area contributed by atoms with Gasteiger partial charge in [0, 0.05) is 19.9 Å². The Bertz CT molecular complexity index is 2660. The number of nitrogens with one attached hydrogen (secondary N) is 2. The van der Waals surface area contributed by atoms with Crippen LogP contribution in [0, 0.1) is 24.2 Å². The molecule has 14 nitrogen and oxygen atoms in total. The number of methoxy groups -OCH3 is 1. The molecule has 63 heavy (non-hydrogen) atoms. The Morgan fingerprint density at radius 3 is 2.32 bits per heavy atom. The first-order valence-corrected chi connectivity index (χ1v) is 23.1. The van der Waals surface area contributed by atoms with E-state index >= 15 is 0 Å². The molecule has 4 aromatic carbocycles. The first-order chi connectivity index (χ1) is 30.4. The number of sulfonamides is 1. The van der Waals surface area contributed by atoms with Crippen molar-refractivity contribution in [3.05, 3.63) is 118 Å². The number of hydrogen-bond donors (Lipinski definition) is 2. The fourth-order valence-corrected chi connectivity index (χ4v) is 11.4. The molecule has 2 aliphatic heterocycles. The first-order valence-electron chi connectivity index (χ1n) is 20.8. The molecule has 0 bridgehead atoms. The molecule has 3 unspecified atom stereocenters. The Morgan fingerprint density at radius 2 is 1.65 bits per heavy atom. The molecular formula is C47H47N5O9S2. The molecule has 2 N–H and O–H groups in total. The van der Waals surface area contributed by atoms with Crippen LogP contribution >= 0.6 is 11.3 Å². The number of hydrogen-bond acceptors (Lipinski definition) is 12. The zero-order chi connectivity index (χ0) is 44.3. The predicted molar refractivity (Wildman–Crippen MR) is 235 cm³/mol. The number of esters is 1. The number of carbonyl (C=O) groups is 3. The number of anilines is 1. The first kappa shape index (κ1) is 43.4. The molecule has 2 amide bonds. The van der Waals surface area contributed by atoms with E-state index in [2.05, 4.69) is 21.7 Å². The average molecular weight is 890 g/mol. The van der Waals surface area contributed by atoms with Gasteiger partial charge in [0.2, 0.25) is 11.8 Å². The average Bonchev–Trinajstić information content (AvgIpc) is 3.96. The van der Waals surface area contributed by atoms with E-state index in [1.807, 2.05) is 60.7 Å². The monoisotopic (exact) mass is 889 g/mol. The zero-order valence-electron chi connectivity index (χ0n) is 35.1. The molecule has 1 aliphatic carbocycles. The second-order valence-electron chi connectivity index (χ2n) is 16.0. The number of amides is 2. The Hall–Kier alpha value is -6.28. The minimum Gasteiger partial charge on any atom is -0.493 e. The number of thiazole rings is 1. The molecule has 3 atom stereocenters. The highest BCUT2D eigenvalue weighted by Crippen LogP contribution is 2.42. The predicted octanol–water partition coefficient (Wildman–Crippen LogP) is 7.05. The third-order valence-electron chi connectivity index (χ3n) is 11.7. The standard InChI is InChI=1S/C47H47N5O9S2/c1-28-46(62-47(49-28)50-29(2)53)63(56,57)52-25-37-23-42-41(60-27-43(61-42)35-16-18-38(19-17-35)59-26-32-6-4-5-7-32)22-36(37)21-40(52)44(54)51-39(45(55)58-3)20-30-8-12-33(13-9-30)34-14-10-31(24-48)11-15-34/h8-19,22-23,32,39-40,43H,4-7,20-21,25-27H2,1-3H3,(H,51,54)(H,49,50,53). The van der Waals surface area contributed by atoms with Gasteiger partial charge < -0.3 is 29.6 Å². The van der Waals surface area contributed by atoms with Gasteiger partial charge in [0.1, 0.15) is 24.4 Å². The lowest BCUT2D eigenvalue weighted by molar-refractivity contribution is -0.145. The van der Waals surface area contributed by atoms with E-state index in [1.54, 1.807) is 24.3 Å². The summed E-state index contributed by atoms with van der Waals surface area (Å²) in [6.45, 7) is 3.55. The highest BCUT2D eigenvalue weighted by Gasteiger charge is 2.43. The molecule has 3 aliphatic rings. The summed E-state index contributed by atoms with van der Waals surface area (Å²) in [5.74, 6) is 0.469. The van der Waals surface area contributed by atoms with E-state index < -0.39 is 46.0 Å². The SMILES string of the molecule is COC(=O)C(Cc1ccc(-c2ccc(C#N)cc2)cc1)NC(=O)C1Cc2cc3c(cc2CN1S(=O)(=O)c1sc(NC(C)=O)nc1C)OC(c1ccc(OCC2CCCC2)cc1)CO3. The molecule has 1 saturated carbocycles. The molecule has 1 fully saturated rings. The summed E-state index contributed by atoms with van der Waals surface area (Å²) in [4.78, 5) is 43.9. The van der Waals surface area contributed by atoms with E-state index in [0.717, 1.165) is 43.6 Å². The number of nitrogens with zero attached hydrogens (tertiary/aromatic N) is 3. The maximum atomic E-state index is 14.7.